The molecule has 4 aliphatic carbocycles. The van der Waals surface area contributed by atoms with Gasteiger partial charge in [-0.2, -0.15) is 0 Å². The molecule has 0 amide bonds. The molecule has 4 saturated carbocycles. The van der Waals surface area contributed by atoms with Gasteiger partial charge in [0.05, 0.1) is 11.1 Å². The predicted molar refractivity (Wildman–Crippen MR) is 65.8 cm³/mol. The molecule has 4 fully saturated rings. The smallest absolute Gasteiger partial charge is 0.339 e. The third kappa shape index (κ3) is 1.46. The Hall–Kier alpha value is -1.84. The fourth-order valence-electron chi connectivity index (χ4n) is 4.21. The van der Waals surface area contributed by atoms with Crippen LogP contribution in [0.4, 0.5) is 0 Å². The van der Waals surface area contributed by atoms with Gasteiger partial charge in [0.1, 0.15) is 6.10 Å². The zero-order valence-electron chi connectivity index (χ0n) is 10.3. The Labute approximate surface area is 110 Å². The molecule has 0 unspecified atom stereocenters. The van der Waals surface area contributed by atoms with Crippen LogP contribution in [0.1, 0.15) is 33.6 Å². The van der Waals surface area contributed by atoms with Gasteiger partial charge < -0.3 is 9.84 Å². The van der Waals surface area contributed by atoms with Crippen molar-refractivity contribution in [3.8, 4) is 0 Å². The van der Waals surface area contributed by atoms with Crippen LogP contribution in [0.3, 0.4) is 0 Å². The minimum Gasteiger partial charge on any atom is -0.478 e. The normalized spacial score (nSPS) is 37.2. The second kappa shape index (κ2) is 3.59. The summed E-state index contributed by atoms with van der Waals surface area (Å²) in [5.74, 6) is 1.05. The van der Waals surface area contributed by atoms with Crippen LogP contribution in [-0.4, -0.2) is 23.1 Å². The van der Waals surface area contributed by atoms with Gasteiger partial charge in [0.25, 0.3) is 0 Å². The molecule has 1 aromatic carbocycles. The number of carboxylic acid groups (broad SMARTS) is 1. The van der Waals surface area contributed by atoms with Crippen molar-refractivity contribution in [2.45, 2.75) is 18.9 Å². The van der Waals surface area contributed by atoms with Crippen LogP contribution in [0.25, 0.3) is 0 Å². The predicted octanol–water partition coefficient (Wildman–Crippen LogP) is 2.20. The molecule has 4 aliphatic rings. The highest BCUT2D eigenvalue weighted by molar-refractivity contribution is 6.02. The molecule has 0 spiro atoms. The fraction of sp³-hybridized carbons (Fsp3) is 0.467. The van der Waals surface area contributed by atoms with Gasteiger partial charge in [-0.1, -0.05) is 12.1 Å². The van der Waals surface area contributed by atoms with Crippen molar-refractivity contribution in [2.24, 2.45) is 23.7 Å². The second-order valence-corrected chi connectivity index (χ2v) is 5.86. The Balaban J connectivity index is 1.56. The van der Waals surface area contributed by atoms with Crippen molar-refractivity contribution >= 4 is 11.9 Å². The number of rotatable bonds is 3. The van der Waals surface area contributed by atoms with E-state index in [0.29, 0.717) is 11.8 Å². The van der Waals surface area contributed by atoms with Crippen molar-refractivity contribution < 1.29 is 19.4 Å². The van der Waals surface area contributed by atoms with Gasteiger partial charge in [-0.3, -0.25) is 0 Å². The molecule has 0 heterocycles. The summed E-state index contributed by atoms with van der Waals surface area (Å²) in [5.41, 5.74) is 0.182. The number of carboxylic acids is 1. The van der Waals surface area contributed by atoms with Crippen LogP contribution in [-0.2, 0) is 4.74 Å². The van der Waals surface area contributed by atoms with E-state index in [1.165, 1.54) is 25.0 Å². The first kappa shape index (κ1) is 11.0. The monoisotopic (exact) mass is 258 g/mol. The van der Waals surface area contributed by atoms with Crippen LogP contribution in [0.2, 0.25) is 0 Å². The average molecular weight is 258 g/mol. The van der Waals surface area contributed by atoms with Gasteiger partial charge in [0.2, 0.25) is 0 Å². The molecule has 19 heavy (non-hydrogen) atoms. The van der Waals surface area contributed by atoms with Gasteiger partial charge in [-0.05, 0) is 42.7 Å². The lowest BCUT2D eigenvalue weighted by Crippen LogP contribution is -2.23. The molecule has 1 N–H and O–H groups in total. The van der Waals surface area contributed by atoms with E-state index >= 15 is 0 Å². The van der Waals surface area contributed by atoms with Crippen molar-refractivity contribution in [2.75, 3.05) is 0 Å². The van der Waals surface area contributed by atoms with Gasteiger partial charge in [-0.15, -0.1) is 0 Å². The quantitative estimate of drug-likeness (QED) is 0.844. The molecule has 1 aromatic rings. The molecule has 4 heteroatoms. The SMILES string of the molecule is O=C(O)c1ccccc1C(=O)O[C@@H]1C2C[C@H]3C1[C@@H]3C2. The Bertz CT molecular complexity index is 565. The first-order valence-corrected chi connectivity index (χ1v) is 6.70. The molecule has 0 aliphatic heterocycles. The van der Waals surface area contributed by atoms with E-state index in [1.807, 2.05) is 0 Å². The zero-order chi connectivity index (χ0) is 13.1. The number of carbonyl (C=O) groups excluding carboxylic acids is 1. The lowest BCUT2D eigenvalue weighted by atomic mass is 10.1. The lowest BCUT2D eigenvalue weighted by molar-refractivity contribution is 0.0202. The summed E-state index contributed by atoms with van der Waals surface area (Å²) in [4.78, 5) is 23.3. The minimum atomic E-state index is -1.09. The number of benzene rings is 1. The number of aromatic carboxylic acids is 1. The lowest BCUT2D eigenvalue weighted by Gasteiger charge is -2.16. The van der Waals surface area contributed by atoms with Crippen LogP contribution < -0.4 is 0 Å². The molecule has 4 nitrogen and oxygen atoms in total. The summed E-state index contributed by atoms with van der Waals surface area (Å²) >= 11 is 0. The van der Waals surface area contributed by atoms with Crippen LogP contribution >= 0.6 is 0 Å². The summed E-state index contributed by atoms with van der Waals surface area (Å²) in [7, 11) is 0. The van der Waals surface area contributed by atoms with Crippen molar-refractivity contribution in [3.63, 3.8) is 0 Å². The summed E-state index contributed by atoms with van der Waals surface area (Å²) in [5, 5.41) is 9.09. The maximum atomic E-state index is 12.2. The molecule has 5 rings (SSSR count). The first-order valence-electron chi connectivity index (χ1n) is 6.70. The number of ether oxygens (including phenoxy) is 1. The van der Waals surface area contributed by atoms with E-state index in [-0.39, 0.29) is 17.2 Å². The number of carbonyl (C=O) groups is 2. The Morgan fingerprint density at radius 2 is 1.74 bits per heavy atom. The molecule has 3 atom stereocenters. The Kier molecular flexibility index (Phi) is 2.08. The number of hydrogen-bond acceptors (Lipinski definition) is 3. The van der Waals surface area contributed by atoms with Gasteiger partial charge >= 0.3 is 11.9 Å². The van der Waals surface area contributed by atoms with E-state index in [9.17, 15) is 9.59 Å². The fourth-order valence-corrected chi connectivity index (χ4v) is 4.21. The van der Waals surface area contributed by atoms with Gasteiger partial charge in [0.15, 0.2) is 0 Å². The Morgan fingerprint density at radius 3 is 2.26 bits per heavy atom. The molecular formula is C15H14O4. The third-order valence-electron chi connectivity index (χ3n) is 5.01. The standard InChI is InChI=1S/C15H14O4/c16-14(17)8-3-1-2-4-9(8)15(18)19-13-7-5-10-11(6-7)12(10)13/h1-4,7,10-13H,5-6H2,(H,16,17)/t7?,10-,11-,12?,13-/m1/s1. The molecular weight excluding hydrogens is 244 g/mol. The Morgan fingerprint density at radius 1 is 1.11 bits per heavy atom. The summed E-state index contributed by atoms with van der Waals surface area (Å²) < 4.78 is 5.59. The zero-order valence-corrected chi connectivity index (χ0v) is 10.3. The highest BCUT2D eigenvalue weighted by Gasteiger charge is 2.70. The van der Waals surface area contributed by atoms with E-state index in [0.717, 1.165) is 11.8 Å². The topological polar surface area (TPSA) is 63.6 Å². The van der Waals surface area contributed by atoms with Crippen molar-refractivity contribution in [3.05, 3.63) is 35.4 Å². The summed E-state index contributed by atoms with van der Waals surface area (Å²) in [6.07, 6.45) is 2.41. The molecule has 4 bridgehead atoms. The number of esters is 1. The second-order valence-electron chi connectivity index (χ2n) is 5.86. The number of hydrogen-bond donors (Lipinski definition) is 1. The van der Waals surface area contributed by atoms with E-state index in [2.05, 4.69) is 0 Å². The van der Waals surface area contributed by atoms with Crippen LogP contribution in [0.5, 0.6) is 0 Å². The minimum absolute atomic E-state index is 0.0187. The maximum absolute atomic E-state index is 12.2. The van der Waals surface area contributed by atoms with Crippen LogP contribution in [0.15, 0.2) is 24.3 Å². The van der Waals surface area contributed by atoms with E-state index in [4.69, 9.17) is 9.84 Å². The van der Waals surface area contributed by atoms with Crippen molar-refractivity contribution in [1.29, 1.82) is 0 Å². The molecule has 0 saturated heterocycles. The van der Waals surface area contributed by atoms with Crippen molar-refractivity contribution in [1.82, 2.24) is 0 Å². The summed E-state index contributed by atoms with van der Waals surface area (Å²) in [6, 6.07) is 6.24. The van der Waals surface area contributed by atoms with Gasteiger partial charge in [0, 0.05) is 5.92 Å². The molecule has 0 radical (unpaired) electrons. The van der Waals surface area contributed by atoms with Crippen LogP contribution in [0, 0.1) is 23.7 Å². The maximum Gasteiger partial charge on any atom is 0.339 e. The average Bonchev–Trinajstić information content (AvgIpc) is 2.77. The summed E-state index contributed by atoms with van der Waals surface area (Å²) in [6.45, 7) is 0. The van der Waals surface area contributed by atoms with E-state index in [1.54, 1.807) is 12.1 Å². The highest BCUT2D eigenvalue weighted by Crippen LogP contribution is 2.71. The largest absolute Gasteiger partial charge is 0.478 e. The molecule has 98 valence electrons. The van der Waals surface area contributed by atoms with E-state index < -0.39 is 11.9 Å². The highest BCUT2D eigenvalue weighted by atomic mass is 16.5. The van der Waals surface area contributed by atoms with Gasteiger partial charge in [-0.25, -0.2) is 9.59 Å². The third-order valence-corrected chi connectivity index (χ3v) is 5.01. The first-order chi connectivity index (χ1) is 9.16. The molecule has 0 aromatic heterocycles.